The van der Waals surface area contributed by atoms with Gasteiger partial charge in [-0.25, -0.2) is 0 Å². The summed E-state index contributed by atoms with van der Waals surface area (Å²) in [5.74, 6) is 1.12. The van der Waals surface area contributed by atoms with E-state index < -0.39 is 0 Å². The van der Waals surface area contributed by atoms with E-state index in [4.69, 9.17) is 16.6 Å². The molecule has 0 saturated heterocycles. The van der Waals surface area contributed by atoms with Crippen LogP contribution in [0, 0.1) is 0 Å². The zero-order valence-electron chi connectivity index (χ0n) is 16.4. The highest BCUT2D eigenvalue weighted by Gasteiger charge is 2.15. The van der Waals surface area contributed by atoms with Crippen molar-refractivity contribution >= 4 is 34.4 Å². The van der Waals surface area contributed by atoms with E-state index >= 15 is 0 Å². The zero-order chi connectivity index (χ0) is 19.8. The number of unbranched alkanes of at least 4 members (excludes halogenated alkanes) is 1. The highest BCUT2D eigenvalue weighted by Crippen LogP contribution is 2.23. The molecule has 28 heavy (non-hydrogen) atoms. The van der Waals surface area contributed by atoms with Crippen LogP contribution in [0.1, 0.15) is 44.6 Å². The van der Waals surface area contributed by atoms with Crippen molar-refractivity contribution in [2.45, 2.75) is 46.1 Å². The molecule has 0 amide bonds. The van der Waals surface area contributed by atoms with E-state index in [1.165, 1.54) is 18.4 Å². The molecule has 5 nitrogen and oxygen atoms in total. The van der Waals surface area contributed by atoms with Crippen molar-refractivity contribution in [3.05, 3.63) is 53.2 Å². The lowest BCUT2D eigenvalue weighted by atomic mass is 10.1. The van der Waals surface area contributed by atoms with Gasteiger partial charge >= 0.3 is 0 Å². The van der Waals surface area contributed by atoms with Crippen LogP contribution in [-0.2, 0) is 13.0 Å². The highest BCUT2D eigenvalue weighted by molar-refractivity contribution is 7.80. The van der Waals surface area contributed by atoms with Gasteiger partial charge in [0.05, 0.1) is 11.4 Å². The predicted octanol–water partition coefficient (Wildman–Crippen LogP) is 5.75. The molecule has 0 unspecified atom stereocenters. The molecule has 0 bridgehead atoms. The smallest absolute Gasteiger partial charge is 0.257 e. The lowest BCUT2D eigenvalue weighted by molar-refractivity contribution is 0.359. The first-order valence-corrected chi connectivity index (χ1v) is 11.0. The molecule has 1 N–H and O–H groups in total. The third-order valence-electron chi connectivity index (χ3n) is 4.33. The Morgan fingerprint density at radius 3 is 2.64 bits per heavy atom. The van der Waals surface area contributed by atoms with Gasteiger partial charge in [-0.2, -0.15) is 0 Å². The number of thiophene rings is 1. The molecule has 0 atom stereocenters. The van der Waals surface area contributed by atoms with Gasteiger partial charge in [-0.3, -0.25) is 0 Å². The summed E-state index contributed by atoms with van der Waals surface area (Å²) < 4.78 is 5.82. The van der Waals surface area contributed by atoms with Crippen LogP contribution in [0.4, 0.5) is 5.69 Å². The fourth-order valence-electron chi connectivity index (χ4n) is 2.84. The van der Waals surface area contributed by atoms with Crippen LogP contribution < -0.4 is 5.32 Å². The Bertz CT molecular complexity index is 859. The van der Waals surface area contributed by atoms with Crippen molar-refractivity contribution in [1.29, 1.82) is 0 Å². The second kappa shape index (κ2) is 10.3. The van der Waals surface area contributed by atoms with Crippen molar-refractivity contribution in [2.75, 3.05) is 11.9 Å². The van der Waals surface area contributed by atoms with Crippen molar-refractivity contribution in [2.24, 2.45) is 0 Å². The molecule has 0 aliphatic carbocycles. The standard InChI is InChI=1S/C21H26N4OS2/c1-3-5-7-16-9-11-17(12-10-16)22-21(27)25(13-4-2)15-19-23-24-20(26-19)18-8-6-14-28-18/h6,8-12,14H,3-5,7,13,15H2,1-2H3,(H,22,27). The van der Waals surface area contributed by atoms with Gasteiger partial charge in [0, 0.05) is 12.2 Å². The first-order valence-electron chi connectivity index (χ1n) is 9.70. The van der Waals surface area contributed by atoms with Gasteiger partial charge in [-0.05, 0) is 60.6 Å². The lowest BCUT2D eigenvalue weighted by Crippen LogP contribution is -2.35. The normalized spacial score (nSPS) is 10.8. The van der Waals surface area contributed by atoms with Crippen LogP contribution in [0.2, 0.25) is 0 Å². The van der Waals surface area contributed by atoms with E-state index in [9.17, 15) is 0 Å². The summed E-state index contributed by atoms with van der Waals surface area (Å²) in [4.78, 5) is 3.04. The summed E-state index contributed by atoms with van der Waals surface area (Å²) in [5, 5.41) is 14.3. The average molecular weight is 415 g/mol. The summed E-state index contributed by atoms with van der Waals surface area (Å²) in [6.45, 7) is 5.65. The monoisotopic (exact) mass is 414 g/mol. The van der Waals surface area contributed by atoms with Gasteiger partial charge in [-0.1, -0.05) is 38.5 Å². The average Bonchev–Trinajstić information content (AvgIpc) is 3.39. The van der Waals surface area contributed by atoms with Crippen LogP contribution in [0.3, 0.4) is 0 Å². The van der Waals surface area contributed by atoms with Crippen molar-refractivity contribution in [3.63, 3.8) is 0 Å². The number of anilines is 1. The first kappa shape index (κ1) is 20.5. The lowest BCUT2D eigenvalue weighted by Gasteiger charge is -2.24. The Morgan fingerprint density at radius 1 is 1.14 bits per heavy atom. The van der Waals surface area contributed by atoms with Gasteiger partial charge < -0.3 is 14.6 Å². The molecule has 148 valence electrons. The number of hydrogen-bond donors (Lipinski definition) is 1. The highest BCUT2D eigenvalue weighted by atomic mass is 32.1. The maximum Gasteiger partial charge on any atom is 0.257 e. The zero-order valence-corrected chi connectivity index (χ0v) is 18.0. The molecular formula is C21H26N4OS2. The van der Waals surface area contributed by atoms with E-state index in [-0.39, 0.29) is 0 Å². The molecule has 3 rings (SSSR count). The second-order valence-corrected chi connectivity index (χ2v) is 7.96. The molecule has 3 aromatic rings. The van der Waals surface area contributed by atoms with Gasteiger partial charge in [-0.15, -0.1) is 21.5 Å². The van der Waals surface area contributed by atoms with Crippen molar-refractivity contribution in [3.8, 4) is 10.8 Å². The molecule has 2 heterocycles. The third-order valence-corrected chi connectivity index (χ3v) is 5.55. The summed E-state index contributed by atoms with van der Waals surface area (Å²) in [6.07, 6.45) is 4.52. The Balaban J connectivity index is 1.62. The third kappa shape index (κ3) is 5.62. The van der Waals surface area contributed by atoms with Gasteiger partial charge in [0.2, 0.25) is 5.89 Å². The number of benzene rings is 1. The SMILES string of the molecule is CCCCc1ccc(NC(=S)N(CCC)Cc2nnc(-c3cccs3)o2)cc1. The van der Waals surface area contributed by atoms with Crippen LogP contribution in [0.25, 0.3) is 10.8 Å². The van der Waals surface area contributed by atoms with E-state index in [1.807, 2.05) is 17.5 Å². The Morgan fingerprint density at radius 2 is 1.96 bits per heavy atom. The largest absolute Gasteiger partial charge is 0.418 e. The number of rotatable bonds is 9. The summed E-state index contributed by atoms with van der Waals surface area (Å²) in [6, 6.07) is 12.4. The van der Waals surface area contributed by atoms with E-state index in [0.29, 0.717) is 23.4 Å². The summed E-state index contributed by atoms with van der Waals surface area (Å²) >= 11 is 7.22. The fourth-order valence-corrected chi connectivity index (χ4v) is 3.76. The molecule has 0 aliphatic rings. The first-order chi connectivity index (χ1) is 13.7. The van der Waals surface area contributed by atoms with Gasteiger partial charge in [0.1, 0.15) is 0 Å². The fraction of sp³-hybridized carbons (Fsp3) is 0.381. The quantitative estimate of drug-likeness (QED) is 0.450. The summed E-state index contributed by atoms with van der Waals surface area (Å²) in [5.41, 5.74) is 2.35. The maximum absolute atomic E-state index is 5.82. The number of hydrogen-bond acceptors (Lipinski definition) is 5. The Kier molecular flexibility index (Phi) is 7.56. The molecule has 0 fully saturated rings. The summed E-state index contributed by atoms with van der Waals surface area (Å²) in [7, 11) is 0. The van der Waals surface area contributed by atoms with E-state index in [2.05, 4.69) is 58.5 Å². The van der Waals surface area contributed by atoms with Crippen LogP contribution >= 0.6 is 23.6 Å². The van der Waals surface area contributed by atoms with E-state index in [0.717, 1.165) is 30.0 Å². The maximum atomic E-state index is 5.82. The molecule has 0 aliphatic heterocycles. The van der Waals surface area contributed by atoms with Crippen LogP contribution in [-0.4, -0.2) is 26.8 Å². The number of nitrogens with zero attached hydrogens (tertiary/aromatic N) is 3. The van der Waals surface area contributed by atoms with Gasteiger partial charge in [0.15, 0.2) is 5.11 Å². The molecule has 7 heteroatoms. The molecule has 0 spiro atoms. The topological polar surface area (TPSA) is 54.2 Å². The van der Waals surface area contributed by atoms with Crippen molar-refractivity contribution in [1.82, 2.24) is 15.1 Å². The number of aromatic nitrogens is 2. The van der Waals surface area contributed by atoms with Crippen LogP contribution in [0.5, 0.6) is 0 Å². The molecule has 1 aromatic carbocycles. The van der Waals surface area contributed by atoms with E-state index in [1.54, 1.807) is 11.3 Å². The molecular weight excluding hydrogens is 388 g/mol. The molecule has 0 radical (unpaired) electrons. The molecule has 2 aromatic heterocycles. The minimum Gasteiger partial charge on any atom is -0.418 e. The number of aryl methyl sites for hydroxylation is 1. The van der Waals surface area contributed by atoms with Gasteiger partial charge in [0.25, 0.3) is 5.89 Å². The predicted molar refractivity (Wildman–Crippen MR) is 120 cm³/mol. The minimum atomic E-state index is 0.493. The number of nitrogens with one attached hydrogen (secondary N) is 1. The minimum absolute atomic E-state index is 0.493. The Labute approximate surface area is 175 Å². The Hall–Kier alpha value is -2.25. The second-order valence-electron chi connectivity index (χ2n) is 6.63. The molecule has 0 saturated carbocycles. The van der Waals surface area contributed by atoms with Crippen LogP contribution in [0.15, 0.2) is 46.2 Å². The van der Waals surface area contributed by atoms with Crippen molar-refractivity contribution < 1.29 is 4.42 Å². The number of thiocarbonyl (C=S) groups is 1.